The lowest BCUT2D eigenvalue weighted by atomic mass is 9.85. The Kier molecular flexibility index (Phi) is 6.34. The van der Waals surface area contributed by atoms with Crippen molar-refractivity contribution in [1.29, 1.82) is 0 Å². The topological polar surface area (TPSA) is 81.7 Å². The fourth-order valence-corrected chi connectivity index (χ4v) is 5.32. The van der Waals surface area contributed by atoms with Gasteiger partial charge in [-0.2, -0.15) is 13.2 Å². The molecule has 3 amide bonds. The molecular weight excluding hydrogens is 545 g/mol. The average Bonchev–Trinajstić information content (AvgIpc) is 3.27. The van der Waals surface area contributed by atoms with Crippen molar-refractivity contribution in [2.24, 2.45) is 0 Å². The Hall–Kier alpha value is -3.70. The van der Waals surface area contributed by atoms with Gasteiger partial charge in [-0.15, -0.1) is 0 Å². The highest BCUT2D eigenvalue weighted by Gasteiger charge is 2.42. The van der Waals surface area contributed by atoms with Crippen molar-refractivity contribution in [3.8, 4) is 0 Å². The van der Waals surface area contributed by atoms with Crippen molar-refractivity contribution in [1.82, 2.24) is 5.32 Å². The summed E-state index contributed by atoms with van der Waals surface area (Å²) < 4.78 is 68.1. The minimum atomic E-state index is -4.89. The molecule has 6 nitrogen and oxygen atoms in total. The number of alkyl halides is 3. The molecule has 0 spiro atoms. The number of nitrogens with zero attached hydrogens (tertiary/aromatic N) is 1. The van der Waals surface area contributed by atoms with Crippen LogP contribution in [-0.2, 0) is 18.2 Å². The van der Waals surface area contributed by atoms with Gasteiger partial charge in [0.25, 0.3) is 5.91 Å². The van der Waals surface area contributed by atoms with E-state index in [1.54, 1.807) is 0 Å². The van der Waals surface area contributed by atoms with E-state index < -0.39 is 52.5 Å². The van der Waals surface area contributed by atoms with Crippen molar-refractivity contribution in [3.63, 3.8) is 0 Å². The minimum Gasteiger partial charge on any atom is -0.386 e. The first-order valence-corrected chi connectivity index (χ1v) is 12.2. The predicted molar refractivity (Wildman–Crippen MR) is 134 cm³/mol. The molecule has 3 aromatic rings. The van der Waals surface area contributed by atoms with Crippen molar-refractivity contribution >= 4 is 34.9 Å². The van der Waals surface area contributed by atoms with E-state index in [0.29, 0.717) is 40.9 Å². The monoisotopic (exact) mass is 565 g/mol. The molecule has 39 heavy (non-hydrogen) atoms. The van der Waals surface area contributed by atoms with Crippen LogP contribution >= 0.6 is 11.6 Å². The van der Waals surface area contributed by atoms with E-state index in [1.807, 2.05) is 0 Å². The number of hydrogen-bond acceptors (Lipinski definition) is 3. The molecule has 2 aliphatic rings. The average molecular weight is 566 g/mol. The number of urea groups is 1. The molecule has 0 saturated heterocycles. The summed E-state index contributed by atoms with van der Waals surface area (Å²) in [6.45, 7) is 3.26. The highest BCUT2D eigenvalue weighted by molar-refractivity contribution is 6.31. The highest BCUT2D eigenvalue weighted by Crippen LogP contribution is 2.49. The van der Waals surface area contributed by atoms with Crippen LogP contribution in [0, 0.1) is 11.6 Å². The maximum atomic E-state index is 14.3. The number of carbonyl (C=O) groups is 2. The minimum absolute atomic E-state index is 0.0194. The summed E-state index contributed by atoms with van der Waals surface area (Å²) in [7, 11) is 0. The summed E-state index contributed by atoms with van der Waals surface area (Å²) in [5, 5.41) is 16.3. The number of amides is 3. The van der Waals surface area contributed by atoms with Crippen LogP contribution in [0.25, 0.3) is 0 Å². The van der Waals surface area contributed by atoms with Gasteiger partial charge in [-0.1, -0.05) is 11.6 Å². The second kappa shape index (κ2) is 9.20. The molecule has 1 unspecified atom stereocenters. The van der Waals surface area contributed by atoms with Gasteiger partial charge in [0.2, 0.25) is 0 Å². The number of halogens is 6. The standard InChI is InChI=1S/C27H21ClF5N3O3/c1-26(2,39)18-11-20(34-24(37)12-7-13(27(31,32)33)9-15(30)8-12)21-22(17-10-14(29)3-4-19(17)28)35-25(38)36-6-5-16(18)23(21)36/h3-4,7-11,22,39H,5-6H2,1-2H3,(H,34,37)(H,35,38). The first kappa shape index (κ1) is 26.9. The third-order valence-electron chi connectivity index (χ3n) is 6.77. The lowest BCUT2D eigenvalue weighted by Crippen LogP contribution is -2.46. The quantitative estimate of drug-likeness (QED) is 0.325. The first-order valence-electron chi connectivity index (χ1n) is 11.8. The van der Waals surface area contributed by atoms with E-state index in [-0.39, 0.29) is 28.9 Å². The largest absolute Gasteiger partial charge is 0.416 e. The van der Waals surface area contributed by atoms with Crippen molar-refractivity contribution in [3.05, 3.63) is 92.5 Å². The summed E-state index contributed by atoms with van der Waals surface area (Å²) in [5.74, 6) is -2.96. The Labute approximate surface area is 224 Å². The van der Waals surface area contributed by atoms with Gasteiger partial charge >= 0.3 is 12.2 Å². The number of aliphatic hydroxyl groups is 1. The molecule has 1 atom stereocenters. The molecule has 0 radical (unpaired) electrons. The Bertz CT molecular complexity index is 1530. The van der Waals surface area contributed by atoms with Crippen molar-refractivity contribution < 1.29 is 36.6 Å². The molecule has 3 aromatic carbocycles. The van der Waals surface area contributed by atoms with Gasteiger partial charge in [0, 0.05) is 33.9 Å². The van der Waals surface area contributed by atoms with Crippen LogP contribution in [0.5, 0.6) is 0 Å². The molecule has 0 bridgehead atoms. The lowest BCUT2D eigenvalue weighted by molar-refractivity contribution is -0.137. The zero-order valence-electron chi connectivity index (χ0n) is 20.5. The summed E-state index contributed by atoms with van der Waals surface area (Å²) in [6, 6.07) is 4.90. The fraction of sp³-hybridized carbons (Fsp3) is 0.259. The second-order valence-corrected chi connectivity index (χ2v) is 10.3. The summed E-state index contributed by atoms with van der Waals surface area (Å²) in [6.07, 6.45) is -4.53. The Balaban J connectivity index is 1.72. The summed E-state index contributed by atoms with van der Waals surface area (Å²) >= 11 is 6.36. The van der Waals surface area contributed by atoms with Crippen molar-refractivity contribution in [2.45, 2.75) is 38.1 Å². The number of rotatable bonds is 4. The number of benzene rings is 3. The Morgan fingerprint density at radius 3 is 2.49 bits per heavy atom. The van der Waals surface area contributed by atoms with Gasteiger partial charge in [0.05, 0.1) is 22.9 Å². The van der Waals surface area contributed by atoms with E-state index >= 15 is 0 Å². The molecule has 2 heterocycles. The number of carbonyl (C=O) groups excluding carboxylic acids is 2. The van der Waals surface area contributed by atoms with Gasteiger partial charge in [-0.3, -0.25) is 9.69 Å². The third kappa shape index (κ3) is 4.80. The van der Waals surface area contributed by atoms with Crippen molar-refractivity contribution in [2.75, 3.05) is 16.8 Å². The number of hydrogen-bond donors (Lipinski definition) is 3. The number of anilines is 2. The molecule has 5 rings (SSSR count). The molecule has 12 heteroatoms. The van der Waals surface area contributed by atoms with Crippen LogP contribution in [0.4, 0.5) is 38.1 Å². The zero-order valence-corrected chi connectivity index (χ0v) is 21.3. The van der Waals surface area contributed by atoms with Gasteiger partial charge in [0.1, 0.15) is 11.6 Å². The van der Waals surface area contributed by atoms with Crippen LogP contribution < -0.4 is 15.5 Å². The summed E-state index contributed by atoms with van der Waals surface area (Å²) in [4.78, 5) is 27.7. The van der Waals surface area contributed by atoms with E-state index in [1.165, 1.54) is 30.9 Å². The number of nitrogens with one attached hydrogen (secondary N) is 2. The molecule has 0 fully saturated rings. The van der Waals surface area contributed by atoms with Gasteiger partial charge < -0.3 is 15.7 Å². The fourth-order valence-electron chi connectivity index (χ4n) is 5.09. The summed E-state index contributed by atoms with van der Waals surface area (Å²) in [5.41, 5.74) is -1.54. The van der Waals surface area contributed by atoms with Crippen LogP contribution in [0.3, 0.4) is 0 Å². The van der Waals surface area contributed by atoms with E-state index in [9.17, 15) is 36.6 Å². The molecular formula is C27H21ClF5N3O3. The first-order chi connectivity index (χ1) is 18.1. The van der Waals surface area contributed by atoms with E-state index in [4.69, 9.17) is 11.6 Å². The normalized spacial score (nSPS) is 16.7. The smallest absolute Gasteiger partial charge is 0.386 e. The molecule has 204 valence electrons. The van der Waals surface area contributed by atoms with Crippen LogP contribution in [0.15, 0.2) is 42.5 Å². The van der Waals surface area contributed by atoms with E-state index in [2.05, 4.69) is 10.6 Å². The van der Waals surface area contributed by atoms with Crippen LogP contribution in [0.1, 0.15) is 58.1 Å². The lowest BCUT2D eigenvalue weighted by Gasteiger charge is -2.36. The molecule has 3 N–H and O–H groups in total. The molecule has 0 aromatic heterocycles. The van der Waals surface area contributed by atoms with E-state index in [0.717, 1.165) is 12.1 Å². The SMILES string of the molecule is CC(C)(O)c1cc(NC(=O)c2cc(F)cc(C(F)(F)F)c2)c2c3c1CCN3C(=O)NC2c1cc(F)ccc1Cl. The maximum absolute atomic E-state index is 14.3. The van der Waals surface area contributed by atoms with Crippen LogP contribution in [0.2, 0.25) is 5.02 Å². The third-order valence-corrected chi connectivity index (χ3v) is 7.11. The Morgan fingerprint density at radius 2 is 1.82 bits per heavy atom. The van der Waals surface area contributed by atoms with Gasteiger partial charge in [-0.25, -0.2) is 13.6 Å². The highest BCUT2D eigenvalue weighted by atomic mass is 35.5. The molecule has 2 aliphatic heterocycles. The molecule has 0 saturated carbocycles. The van der Waals surface area contributed by atoms with Crippen LogP contribution in [-0.4, -0.2) is 23.6 Å². The van der Waals surface area contributed by atoms with Gasteiger partial charge in [-0.05, 0) is 73.9 Å². The zero-order chi connectivity index (χ0) is 28.4. The second-order valence-electron chi connectivity index (χ2n) is 9.90. The Morgan fingerprint density at radius 1 is 1.10 bits per heavy atom. The van der Waals surface area contributed by atoms with Gasteiger partial charge in [0.15, 0.2) is 0 Å². The predicted octanol–water partition coefficient (Wildman–Crippen LogP) is 6.29. The molecule has 0 aliphatic carbocycles. The maximum Gasteiger partial charge on any atom is 0.416 e.